The molecule has 4 atom stereocenters. The molecule has 8 heterocycles. The van der Waals surface area contributed by atoms with E-state index in [1.54, 1.807) is 51.0 Å². The number of urea groups is 1. The van der Waals surface area contributed by atoms with Gasteiger partial charge in [-0.1, -0.05) is 84.9 Å². The van der Waals surface area contributed by atoms with Gasteiger partial charge in [0.15, 0.2) is 0 Å². The summed E-state index contributed by atoms with van der Waals surface area (Å²) in [5, 5.41) is 19.9. The molecule has 4 aromatic heterocycles. The second-order valence-electron chi connectivity index (χ2n) is 21.3. The van der Waals surface area contributed by atoms with Crippen molar-refractivity contribution in [3.8, 4) is 26.6 Å². The molecule has 5 aromatic carbocycles. The van der Waals surface area contributed by atoms with Gasteiger partial charge < -0.3 is 25.6 Å². The van der Waals surface area contributed by atoms with Crippen molar-refractivity contribution in [2.75, 3.05) is 52.4 Å². The van der Waals surface area contributed by atoms with Gasteiger partial charge in [0.25, 0.3) is 16.8 Å². The number of amides is 3. The lowest BCUT2D eigenvalue weighted by Crippen LogP contribution is -2.45. The van der Waals surface area contributed by atoms with E-state index in [1.807, 2.05) is 36.4 Å². The number of halogens is 2. The molecule has 4 saturated heterocycles. The van der Waals surface area contributed by atoms with Gasteiger partial charge in [0.2, 0.25) is 0 Å². The van der Waals surface area contributed by atoms with Crippen LogP contribution in [0.3, 0.4) is 0 Å². The van der Waals surface area contributed by atoms with Crippen LogP contribution in [0.2, 0.25) is 0 Å². The van der Waals surface area contributed by atoms with Gasteiger partial charge in [-0.25, -0.2) is 28.3 Å². The second kappa shape index (κ2) is 26.4. The van der Waals surface area contributed by atoms with Crippen molar-refractivity contribution in [3.05, 3.63) is 212 Å². The summed E-state index contributed by atoms with van der Waals surface area (Å²) in [5.41, 5.74) is 5.50. The molecular formula is C62H61F2N11O7S2. The minimum atomic E-state index is -0.541. The number of hydrogen-bond acceptors (Lipinski definition) is 14. The summed E-state index contributed by atoms with van der Waals surface area (Å²) in [6, 6.07) is 42.5. The van der Waals surface area contributed by atoms with Crippen LogP contribution in [0.15, 0.2) is 168 Å². The molecule has 0 spiro atoms. The first-order valence-corrected chi connectivity index (χ1v) is 29.5. The maximum atomic E-state index is 13.3. The zero-order chi connectivity index (χ0) is 58.1. The summed E-state index contributed by atoms with van der Waals surface area (Å²) < 4.78 is 36.1. The number of aromatic nitrogens is 4. The van der Waals surface area contributed by atoms with Crippen molar-refractivity contribution < 1.29 is 28.0 Å². The van der Waals surface area contributed by atoms with Crippen LogP contribution >= 0.6 is 22.7 Å². The van der Waals surface area contributed by atoms with Crippen LogP contribution in [-0.4, -0.2) is 115 Å². The number of hydrogen-bond donors (Lipinski definition) is 3. The lowest BCUT2D eigenvalue weighted by molar-refractivity contribution is -0.384. The molecule has 0 aliphatic carbocycles. The molecule has 9 aromatic rings. The number of likely N-dealkylation sites (tertiary alicyclic amines) is 3. The zero-order valence-corrected chi connectivity index (χ0v) is 47.4. The van der Waals surface area contributed by atoms with Crippen LogP contribution < -0.4 is 31.8 Å². The fourth-order valence-corrected chi connectivity index (χ4v) is 13.1. The highest BCUT2D eigenvalue weighted by molar-refractivity contribution is 7.22. The molecule has 4 fully saturated rings. The van der Waals surface area contributed by atoms with Gasteiger partial charge in [0, 0.05) is 92.9 Å². The topological polar surface area (TPSA) is 202 Å². The van der Waals surface area contributed by atoms with Gasteiger partial charge in [-0.05, 0) is 103 Å². The van der Waals surface area contributed by atoms with E-state index in [9.17, 15) is 38.1 Å². The SMILES string of the molecule is O=C(N[C@H]1CCN(Cc2ccccc2)C1)N1CC[C@H](n2cnc3cc(-c4ccc(F)cc4)sc3c2=O)C1.O=C(N[C@H]1CCN(Cc2ccccc2)C1)Oc1ccc([N+](=O)[O-])cc1.O=c1c2sc(-c3ccc(F)cc3)cc2ncn1[C@H]1CCNC1. The number of non-ortho nitro benzene ring substituents is 1. The highest BCUT2D eigenvalue weighted by Gasteiger charge is 2.32. The number of nitro benzene ring substituents is 1. The number of rotatable bonds is 12. The predicted molar refractivity (Wildman–Crippen MR) is 321 cm³/mol. The normalized spacial score (nSPS) is 18.7. The Labute approximate surface area is 490 Å². The molecule has 4 aliphatic heterocycles. The van der Waals surface area contributed by atoms with E-state index in [1.165, 1.54) is 82.3 Å². The summed E-state index contributed by atoms with van der Waals surface area (Å²) in [5.74, 6) is -0.279. The van der Waals surface area contributed by atoms with Crippen LogP contribution in [0.1, 0.15) is 48.9 Å². The van der Waals surface area contributed by atoms with Crippen LogP contribution in [0.25, 0.3) is 41.3 Å². The number of carbonyl (C=O) groups excluding carboxylic acids is 2. The lowest BCUT2D eigenvalue weighted by Gasteiger charge is -2.21. The lowest BCUT2D eigenvalue weighted by atomic mass is 10.2. The van der Waals surface area contributed by atoms with Crippen LogP contribution in [0.4, 0.5) is 24.1 Å². The van der Waals surface area contributed by atoms with E-state index in [0.717, 1.165) is 92.5 Å². The summed E-state index contributed by atoms with van der Waals surface area (Å²) in [7, 11) is 0. The van der Waals surface area contributed by atoms with Crippen molar-refractivity contribution in [3.63, 3.8) is 0 Å². The fourth-order valence-electron chi connectivity index (χ4n) is 11.0. The molecular weight excluding hydrogens is 1110 g/mol. The average molecular weight is 1170 g/mol. The number of nitro groups is 1. The Hall–Kier alpha value is -8.54. The first-order valence-electron chi connectivity index (χ1n) is 27.9. The number of carbonyl (C=O) groups is 2. The van der Waals surface area contributed by atoms with E-state index in [-0.39, 0.29) is 64.4 Å². The molecule has 3 amide bonds. The van der Waals surface area contributed by atoms with Crippen molar-refractivity contribution in [2.24, 2.45) is 0 Å². The molecule has 0 saturated carbocycles. The molecule has 0 radical (unpaired) electrons. The smallest absolute Gasteiger partial charge is 0.410 e. The molecule has 432 valence electrons. The first kappa shape index (κ1) is 57.3. The molecule has 22 heteroatoms. The summed E-state index contributed by atoms with van der Waals surface area (Å²) in [6.45, 7) is 8.06. The van der Waals surface area contributed by atoms with Crippen molar-refractivity contribution >= 4 is 60.9 Å². The minimum absolute atomic E-state index is 0.0112. The largest absolute Gasteiger partial charge is 0.412 e. The van der Waals surface area contributed by atoms with Gasteiger partial charge in [-0.3, -0.25) is 38.6 Å². The van der Waals surface area contributed by atoms with E-state index < -0.39 is 11.0 Å². The Morgan fingerprint density at radius 2 is 1.14 bits per heavy atom. The standard InChI is InChI=1S/C28H28FN5O2S.C18H19N3O4.C16H14FN3OS/c29-21-8-6-20(7-9-21)25-14-24-26(37-25)27(35)34(18-30-24)23-11-13-33(17-23)28(36)31-22-10-12-32(16-22)15-19-4-2-1-3-5-19;22-18(25-17-8-6-16(7-9-17)21(23)24)19-15-10-11-20(13-15)12-14-4-2-1-3-5-14;17-11-3-1-10(2-4-11)14-7-13-15(22-14)16(21)20(9-19-13)12-5-6-18-8-12/h1-9,14,18,22-23H,10-13,15-17H2,(H,31,36);1-9,15H,10-13H2,(H,19,22);1-4,7,9,12,18H,5-6,8H2/t22-,23-;15-;12-/m000/s1. The Morgan fingerprint density at radius 3 is 1.64 bits per heavy atom. The van der Waals surface area contributed by atoms with E-state index in [0.29, 0.717) is 39.9 Å². The van der Waals surface area contributed by atoms with E-state index >= 15 is 0 Å². The predicted octanol–water partition coefficient (Wildman–Crippen LogP) is 10.3. The Bertz CT molecular complexity index is 3860. The second-order valence-corrected chi connectivity index (χ2v) is 23.4. The molecule has 18 nitrogen and oxygen atoms in total. The number of ether oxygens (including phenoxy) is 1. The third-order valence-electron chi connectivity index (χ3n) is 15.4. The van der Waals surface area contributed by atoms with Gasteiger partial charge in [0.1, 0.15) is 26.8 Å². The Morgan fingerprint density at radius 1 is 0.631 bits per heavy atom. The van der Waals surface area contributed by atoms with Gasteiger partial charge in [0.05, 0.1) is 40.7 Å². The quantitative estimate of drug-likeness (QED) is 0.0773. The van der Waals surface area contributed by atoms with Crippen molar-refractivity contribution in [1.29, 1.82) is 0 Å². The molecule has 84 heavy (non-hydrogen) atoms. The maximum absolute atomic E-state index is 13.3. The third kappa shape index (κ3) is 14.1. The first-order chi connectivity index (χ1) is 40.8. The van der Waals surface area contributed by atoms with Crippen molar-refractivity contribution in [1.82, 2.24) is 49.8 Å². The molecule has 13 rings (SSSR count). The Kier molecular flexibility index (Phi) is 18.0. The highest BCUT2D eigenvalue weighted by atomic mass is 32.1. The summed E-state index contributed by atoms with van der Waals surface area (Å²) >= 11 is 2.79. The van der Waals surface area contributed by atoms with Gasteiger partial charge in [-0.2, -0.15) is 0 Å². The van der Waals surface area contributed by atoms with Crippen LogP contribution in [0.5, 0.6) is 5.75 Å². The molecule has 4 aliphatic rings. The fraction of sp³-hybridized carbons (Fsp3) is 0.290. The van der Waals surface area contributed by atoms with Crippen molar-refractivity contribution in [2.45, 2.75) is 62.9 Å². The zero-order valence-electron chi connectivity index (χ0n) is 45.7. The number of nitrogens with one attached hydrogen (secondary N) is 3. The Balaban J connectivity index is 0.000000137. The minimum Gasteiger partial charge on any atom is -0.410 e. The number of benzene rings is 5. The highest BCUT2D eigenvalue weighted by Crippen LogP contribution is 2.33. The molecule has 0 unspecified atom stereocenters. The summed E-state index contributed by atoms with van der Waals surface area (Å²) in [4.78, 5) is 78.2. The monoisotopic (exact) mass is 1170 g/mol. The third-order valence-corrected chi connectivity index (χ3v) is 17.7. The average Bonchev–Trinajstić information content (AvgIpc) is 4.00. The van der Waals surface area contributed by atoms with Crippen LogP contribution in [-0.2, 0) is 13.1 Å². The van der Waals surface area contributed by atoms with Crippen LogP contribution in [0, 0.1) is 21.7 Å². The molecule has 3 N–H and O–H groups in total. The van der Waals surface area contributed by atoms with E-state index in [4.69, 9.17) is 4.74 Å². The number of nitrogens with zero attached hydrogens (tertiary/aromatic N) is 8. The number of thiophene rings is 2. The van der Waals surface area contributed by atoms with Gasteiger partial charge >= 0.3 is 12.1 Å². The maximum Gasteiger partial charge on any atom is 0.412 e. The number of fused-ring (bicyclic) bond motifs is 2. The molecule has 0 bridgehead atoms. The summed E-state index contributed by atoms with van der Waals surface area (Å²) in [6.07, 6.45) is 6.15. The van der Waals surface area contributed by atoms with Gasteiger partial charge in [-0.15, -0.1) is 22.7 Å². The van der Waals surface area contributed by atoms with E-state index in [2.05, 4.69) is 72.1 Å².